The number of hydrogen-bond acceptors (Lipinski definition) is 4. The second-order valence-corrected chi connectivity index (χ2v) is 7.72. The van der Waals surface area contributed by atoms with Gasteiger partial charge in [-0.15, -0.1) is 0 Å². The quantitative estimate of drug-likeness (QED) is 0.716. The van der Waals surface area contributed by atoms with E-state index in [2.05, 4.69) is 17.5 Å². The van der Waals surface area contributed by atoms with Crippen molar-refractivity contribution in [1.82, 2.24) is 10.2 Å². The Morgan fingerprint density at radius 1 is 1.26 bits per heavy atom. The second kappa shape index (κ2) is 8.20. The first kappa shape index (κ1) is 16.8. The van der Waals surface area contributed by atoms with E-state index in [4.69, 9.17) is 4.74 Å². The molecule has 0 radical (unpaired) electrons. The molecular weight excluding hydrogens is 312 g/mol. The van der Waals surface area contributed by atoms with E-state index in [1.54, 1.807) is 11.8 Å². The molecule has 0 aromatic rings. The van der Waals surface area contributed by atoms with Crippen molar-refractivity contribution in [1.29, 1.82) is 0 Å². The van der Waals surface area contributed by atoms with Crippen LogP contribution in [0.3, 0.4) is 0 Å². The summed E-state index contributed by atoms with van der Waals surface area (Å²) in [5.41, 5.74) is 0. The number of thioether (sulfide) groups is 1. The number of ether oxygens (including phenoxy) is 1. The number of nitrogens with one attached hydrogen (secondary N) is 1. The first-order valence-electron chi connectivity index (χ1n) is 8.61. The van der Waals surface area contributed by atoms with Crippen molar-refractivity contribution < 1.29 is 14.3 Å². The predicted octanol–water partition coefficient (Wildman–Crippen LogP) is 1.58. The molecule has 23 heavy (non-hydrogen) atoms. The summed E-state index contributed by atoms with van der Waals surface area (Å²) in [5.74, 6) is 2.63. The van der Waals surface area contributed by atoms with Crippen molar-refractivity contribution in [2.75, 3.05) is 31.3 Å². The van der Waals surface area contributed by atoms with Crippen LogP contribution in [0.2, 0.25) is 0 Å². The van der Waals surface area contributed by atoms with Crippen LogP contribution in [-0.2, 0) is 14.3 Å². The number of amides is 2. The molecule has 0 unspecified atom stereocenters. The summed E-state index contributed by atoms with van der Waals surface area (Å²) in [6.45, 7) is 1.64. The Labute approximate surface area is 142 Å². The summed E-state index contributed by atoms with van der Waals surface area (Å²) >= 11 is 1.73. The minimum atomic E-state index is -0.118. The van der Waals surface area contributed by atoms with Crippen LogP contribution in [0, 0.1) is 5.92 Å². The molecule has 3 aliphatic rings. The summed E-state index contributed by atoms with van der Waals surface area (Å²) in [6.07, 6.45) is 8.99. The molecule has 1 aliphatic heterocycles. The zero-order valence-electron chi connectivity index (χ0n) is 13.5. The molecule has 1 heterocycles. The van der Waals surface area contributed by atoms with Crippen LogP contribution in [0.4, 0.5) is 0 Å². The number of hydrogen-bond donors (Lipinski definition) is 1. The average molecular weight is 338 g/mol. The van der Waals surface area contributed by atoms with Crippen molar-refractivity contribution >= 4 is 23.6 Å². The molecule has 2 amide bonds. The molecule has 2 aliphatic carbocycles. The van der Waals surface area contributed by atoms with Gasteiger partial charge in [0.15, 0.2) is 0 Å². The van der Waals surface area contributed by atoms with E-state index in [-0.39, 0.29) is 23.9 Å². The largest absolute Gasteiger partial charge is 0.377 e. The Bertz CT molecular complexity index is 457. The number of nitrogens with zero attached hydrogens (tertiary/aromatic N) is 1. The minimum absolute atomic E-state index is 0.0256. The lowest BCUT2D eigenvalue weighted by Gasteiger charge is -2.35. The molecule has 1 atom stereocenters. The predicted molar refractivity (Wildman–Crippen MR) is 91.3 cm³/mol. The number of rotatable bonds is 7. The number of carbonyl (C=O) groups excluding carboxylic acids is 2. The van der Waals surface area contributed by atoms with Crippen LogP contribution in [0.15, 0.2) is 12.2 Å². The Kier molecular flexibility index (Phi) is 6.00. The summed E-state index contributed by atoms with van der Waals surface area (Å²) < 4.78 is 5.49. The molecule has 128 valence electrons. The van der Waals surface area contributed by atoms with Gasteiger partial charge in [0.2, 0.25) is 11.8 Å². The van der Waals surface area contributed by atoms with Gasteiger partial charge >= 0.3 is 0 Å². The summed E-state index contributed by atoms with van der Waals surface area (Å²) in [6, 6.07) is 0.109. The Morgan fingerprint density at radius 3 is 2.78 bits per heavy atom. The maximum atomic E-state index is 12.4. The monoisotopic (exact) mass is 338 g/mol. The van der Waals surface area contributed by atoms with Crippen LogP contribution in [0.5, 0.6) is 0 Å². The molecule has 0 aromatic heterocycles. The van der Waals surface area contributed by atoms with Gasteiger partial charge in [-0.05, 0) is 37.4 Å². The van der Waals surface area contributed by atoms with Gasteiger partial charge in [0, 0.05) is 19.0 Å². The third-order valence-corrected chi connectivity index (χ3v) is 5.78. The van der Waals surface area contributed by atoms with Gasteiger partial charge < -0.3 is 15.0 Å². The Hall–Kier alpha value is -1.01. The van der Waals surface area contributed by atoms with E-state index in [1.165, 1.54) is 12.8 Å². The molecule has 5 nitrogen and oxygen atoms in total. The molecule has 1 saturated heterocycles. The van der Waals surface area contributed by atoms with Gasteiger partial charge in [-0.2, -0.15) is 11.8 Å². The normalized spacial score (nSPS) is 24.9. The van der Waals surface area contributed by atoms with Crippen LogP contribution < -0.4 is 5.32 Å². The highest BCUT2D eigenvalue weighted by Gasteiger charge is 2.30. The van der Waals surface area contributed by atoms with Crippen molar-refractivity contribution in [3.8, 4) is 0 Å². The average Bonchev–Trinajstić information content (AvgIpc) is 3.22. The highest BCUT2D eigenvalue weighted by atomic mass is 32.2. The first-order valence-corrected chi connectivity index (χ1v) is 9.77. The third-order valence-electron chi connectivity index (χ3n) is 4.62. The lowest BCUT2D eigenvalue weighted by Crippen LogP contribution is -2.51. The van der Waals surface area contributed by atoms with Crippen LogP contribution in [0.1, 0.15) is 32.1 Å². The van der Waals surface area contributed by atoms with Crippen LogP contribution in [-0.4, -0.2) is 60.1 Å². The van der Waals surface area contributed by atoms with Crippen molar-refractivity contribution in [3.05, 3.63) is 12.2 Å². The standard InChI is InChI=1S/C17H26N2O3S/c20-16(18-14-3-1-2-4-14)9-15-10-22-8-7-19(15)17(21)12-23-11-13-5-6-13/h1-2,13-15H,3-12H2,(H,18,20)/t15-/m1/s1. The smallest absolute Gasteiger partial charge is 0.232 e. The third kappa shape index (κ3) is 5.24. The van der Waals surface area contributed by atoms with Gasteiger partial charge in [0.1, 0.15) is 0 Å². The lowest BCUT2D eigenvalue weighted by molar-refractivity contribution is -0.139. The maximum Gasteiger partial charge on any atom is 0.232 e. The molecule has 3 rings (SSSR count). The maximum absolute atomic E-state index is 12.4. The molecule has 2 fully saturated rings. The van der Waals surface area contributed by atoms with Gasteiger partial charge in [0.25, 0.3) is 0 Å². The summed E-state index contributed by atoms with van der Waals surface area (Å²) in [4.78, 5) is 26.5. The molecule has 1 saturated carbocycles. The van der Waals surface area contributed by atoms with E-state index in [0.717, 1.165) is 24.5 Å². The van der Waals surface area contributed by atoms with Crippen LogP contribution >= 0.6 is 11.8 Å². The molecule has 1 N–H and O–H groups in total. The van der Waals surface area contributed by atoms with Crippen molar-refractivity contribution in [2.24, 2.45) is 5.92 Å². The Balaban J connectivity index is 1.44. The second-order valence-electron chi connectivity index (χ2n) is 6.69. The van der Waals surface area contributed by atoms with Gasteiger partial charge in [-0.1, -0.05) is 12.2 Å². The van der Waals surface area contributed by atoms with E-state index in [9.17, 15) is 9.59 Å². The highest BCUT2D eigenvalue weighted by Crippen LogP contribution is 2.32. The van der Waals surface area contributed by atoms with E-state index in [0.29, 0.717) is 31.9 Å². The summed E-state index contributed by atoms with van der Waals surface area (Å²) in [7, 11) is 0. The fourth-order valence-electron chi connectivity index (χ4n) is 3.07. The molecule has 0 bridgehead atoms. The fourth-order valence-corrected chi connectivity index (χ4v) is 4.19. The SMILES string of the molecule is O=C(C[C@@H]1COCCN1C(=O)CSCC1CC1)NC1CC=CC1. The molecule has 0 aromatic carbocycles. The molecule has 0 spiro atoms. The van der Waals surface area contributed by atoms with Crippen molar-refractivity contribution in [2.45, 2.75) is 44.2 Å². The zero-order valence-corrected chi connectivity index (χ0v) is 14.4. The van der Waals surface area contributed by atoms with Gasteiger partial charge in [-0.3, -0.25) is 9.59 Å². The van der Waals surface area contributed by atoms with E-state index in [1.807, 2.05) is 4.90 Å². The number of carbonyl (C=O) groups is 2. The zero-order chi connectivity index (χ0) is 16.1. The molecule has 6 heteroatoms. The number of morpholine rings is 1. The van der Waals surface area contributed by atoms with E-state index >= 15 is 0 Å². The fraction of sp³-hybridized carbons (Fsp3) is 0.765. The highest BCUT2D eigenvalue weighted by molar-refractivity contribution is 7.99. The molecular formula is C17H26N2O3S. The van der Waals surface area contributed by atoms with E-state index < -0.39 is 0 Å². The Morgan fingerprint density at radius 2 is 2.04 bits per heavy atom. The minimum Gasteiger partial charge on any atom is -0.377 e. The van der Waals surface area contributed by atoms with Gasteiger partial charge in [0.05, 0.1) is 25.0 Å². The van der Waals surface area contributed by atoms with Crippen LogP contribution in [0.25, 0.3) is 0 Å². The topological polar surface area (TPSA) is 58.6 Å². The summed E-state index contributed by atoms with van der Waals surface area (Å²) in [5, 5.41) is 3.05. The van der Waals surface area contributed by atoms with Crippen molar-refractivity contribution in [3.63, 3.8) is 0 Å². The lowest BCUT2D eigenvalue weighted by atomic mass is 10.1. The van der Waals surface area contributed by atoms with Gasteiger partial charge in [-0.25, -0.2) is 0 Å². The first-order chi connectivity index (χ1) is 11.2.